The zero-order valence-corrected chi connectivity index (χ0v) is 17.4. The number of amides is 1. The topological polar surface area (TPSA) is 67.6 Å². The normalized spacial score (nSPS) is 22.8. The number of nitrogens with zero attached hydrogens (tertiary/aromatic N) is 3. The minimum Gasteiger partial charge on any atom is -0.396 e. The van der Waals surface area contributed by atoms with Gasteiger partial charge in [-0.1, -0.05) is 0 Å². The van der Waals surface area contributed by atoms with E-state index < -0.39 is 40.3 Å². The van der Waals surface area contributed by atoms with Gasteiger partial charge in [-0.05, 0) is 36.8 Å². The fourth-order valence-corrected chi connectivity index (χ4v) is 4.82. The number of alkyl halides is 3. The number of carbonyl (C=O) groups excluding carboxylic acids is 1. The number of anilines is 1. The monoisotopic (exact) mass is 465 g/mol. The average Bonchev–Trinajstić information content (AvgIpc) is 3.17. The summed E-state index contributed by atoms with van der Waals surface area (Å²) in [7, 11) is 0. The lowest BCUT2D eigenvalue weighted by molar-refractivity contribution is -0.137. The Bertz CT molecular complexity index is 1130. The van der Waals surface area contributed by atoms with E-state index in [4.69, 9.17) is 5.26 Å². The zero-order chi connectivity index (χ0) is 24.0. The molecule has 0 saturated carbocycles. The molecule has 2 saturated heterocycles. The third-order valence-electron chi connectivity index (χ3n) is 6.69. The summed E-state index contributed by atoms with van der Waals surface area (Å²) in [5, 5.41) is 19.2. The van der Waals surface area contributed by atoms with E-state index in [0.29, 0.717) is 12.5 Å². The molecule has 0 radical (unpaired) electrons. The minimum absolute atomic E-state index is 0.176. The van der Waals surface area contributed by atoms with Gasteiger partial charge in [-0.25, -0.2) is 8.78 Å². The number of hydrogen-bond donors (Lipinski definition) is 1. The third kappa shape index (κ3) is 4.13. The highest BCUT2D eigenvalue weighted by molar-refractivity contribution is 5.94. The molecule has 4 rings (SSSR count). The highest BCUT2D eigenvalue weighted by atomic mass is 19.4. The molecule has 174 valence electrons. The van der Waals surface area contributed by atoms with Crippen LogP contribution in [0.4, 0.5) is 27.6 Å². The first-order chi connectivity index (χ1) is 15.6. The number of halogens is 5. The summed E-state index contributed by atoms with van der Waals surface area (Å²) in [6.07, 6.45) is -4.31. The first kappa shape index (κ1) is 23.0. The molecule has 33 heavy (non-hydrogen) atoms. The van der Waals surface area contributed by atoms with E-state index in [-0.39, 0.29) is 50.0 Å². The van der Waals surface area contributed by atoms with Crippen LogP contribution in [0.2, 0.25) is 0 Å². The van der Waals surface area contributed by atoms with Gasteiger partial charge in [0, 0.05) is 49.3 Å². The van der Waals surface area contributed by atoms with Crippen LogP contribution in [0, 0.1) is 34.3 Å². The molecule has 0 bridgehead atoms. The Morgan fingerprint density at radius 3 is 2.58 bits per heavy atom. The highest BCUT2D eigenvalue weighted by Gasteiger charge is 2.50. The molecule has 2 aromatic carbocycles. The molecule has 0 aliphatic carbocycles. The summed E-state index contributed by atoms with van der Waals surface area (Å²) in [5.74, 6) is -2.64. The molecule has 2 heterocycles. The molecule has 2 fully saturated rings. The van der Waals surface area contributed by atoms with E-state index in [2.05, 4.69) is 0 Å². The van der Waals surface area contributed by atoms with Gasteiger partial charge < -0.3 is 14.9 Å². The summed E-state index contributed by atoms with van der Waals surface area (Å²) in [5.41, 5.74) is -2.13. The van der Waals surface area contributed by atoms with Crippen molar-refractivity contribution in [2.75, 3.05) is 37.7 Å². The molecular weight excluding hydrogens is 445 g/mol. The number of hydrogen-bond acceptors (Lipinski definition) is 4. The number of rotatable bonds is 3. The van der Waals surface area contributed by atoms with Crippen molar-refractivity contribution < 1.29 is 31.9 Å². The summed E-state index contributed by atoms with van der Waals surface area (Å²) in [6, 6.07) is 7.76. The van der Waals surface area contributed by atoms with E-state index in [1.54, 1.807) is 11.0 Å². The maximum absolute atomic E-state index is 14.1. The molecule has 2 aliphatic rings. The largest absolute Gasteiger partial charge is 0.417 e. The van der Waals surface area contributed by atoms with Crippen molar-refractivity contribution in [2.24, 2.45) is 11.3 Å². The second-order valence-corrected chi connectivity index (χ2v) is 8.56. The smallest absolute Gasteiger partial charge is 0.396 e. The van der Waals surface area contributed by atoms with Crippen LogP contribution in [-0.4, -0.2) is 48.7 Å². The molecule has 2 aliphatic heterocycles. The van der Waals surface area contributed by atoms with Crippen molar-refractivity contribution in [1.82, 2.24) is 4.90 Å². The molecule has 5 nitrogen and oxygen atoms in total. The van der Waals surface area contributed by atoms with Gasteiger partial charge in [-0.3, -0.25) is 4.79 Å². The second kappa shape index (κ2) is 8.30. The van der Waals surface area contributed by atoms with E-state index in [1.807, 2.05) is 0 Å². The molecule has 2 atom stereocenters. The van der Waals surface area contributed by atoms with Crippen LogP contribution < -0.4 is 4.90 Å². The van der Waals surface area contributed by atoms with Gasteiger partial charge in [0.15, 0.2) is 0 Å². The number of fused-ring (bicyclic) bond motifs is 1. The Hall–Kier alpha value is -3.19. The van der Waals surface area contributed by atoms with Crippen LogP contribution in [0.1, 0.15) is 27.9 Å². The van der Waals surface area contributed by atoms with Crippen molar-refractivity contribution >= 4 is 11.6 Å². The highest BCUT2D eigenvalue weighted by Crippen LogP contribution is 2.45. The molecule has 10 heteroatoms. The van der Waals surface area contributed by atoms with Crippen molar-refractivity contribution in [3.63, 3.8) is 0 Å². The Labute approximate surface area is 186 Å². The first-order valence-electron chi connectivity index (χ1n) is 10.3. The average molecular weight is 465 g/mol. The summed E-state index contributed by atoms with van der Waals surface area (Å²) in [6.45, 7) is 0.740. The van der Waals surface area contributed by atoms with Gasteiger partial charge in [-0.2, -0.15) is 18.4 Å². The molecule has 2 aromatic rings. The molecule has 0 aromatic heterocycles. The lowest BCUT2D eigenvalue weighted by Crippen LogP contribution is -2.50. The number of nitriles is 1. The third-order valence-corrected chi connectivity index (χ3v) is 6.69. The quantitative estimate of drug-likeness (QED) is 0.700. The van der Waals surface area contributed by atoms with E-state index >= 15 is 0 Å². The summed E-state index contributed by atoms with van der Waals surface area (Å²) < 4.78 is 67.5. The SMILES string of the molecule is N#Cc1ccc(N2C[C@H]3CN(C(=O)c4ccc(F)cc4F)CC[C@@]3(CO)C2)cc1C(F)(F)F. The van der Waals surface area contributed by atoms with E-state index in [1.165, 1.54) is 11.0 Å². The Kier molecular flexibility index (Phi) is 5.78. The lowest BCUT2D eigenvalue weighted by Gasteiger charge is -2.42. The number of likely N-dealkylation sites (tertiary alicyclic amines) is 1. The van der Waals surface area contributed by atoms with E-state index in [9.17, 15) is 31.9 Å². The molecule has 0 spiro atoms. The Balaban J connectivity index is 1.58. The van der Waals surface area contributed by atoms with Crippen LogP contribution in [0.15, 0.2) is 36.4 Å². The number of benzene rings is 2. The van der Waals surface area contributed by atoms with Gasteiger partial charge in [0.25, 0.3) is 5.91 Å². The zero-order valence-electron chi connectivity index (χ0n) is 17.4. The summed E-state index contributed by atoms with van der Waals surface area (Å²) in [4.78, 5) is 16.0. The summed E-state index contributed by atoms with van der Waals surface area (Å²) >= 11 is 0. The van der Waals surface area contributed by atoms with Gasteiger partial charge in [0.1, 0.15) is 11.6 Å². The first-order valence-corrected chi connectivity index (χ1v) is 10.3. The molecule has 0 unspecified atom stereocenters. The maximum Gasteiger partial charge on any atom is 0.417 e. The predicted molar refractivity (Wildman–Crippen MR) is 108 cm³/mol. The van der Waals surface area contributed by atoms with Crippen LogP contribution in [0.3, 0.4) is 0 Å². The fourth-order valence-electron chi connectivity index (χ4n) is 4.82. The number of piperidine rings is 1. The molecule has 1 amide bonds. The van der Waals surface area contributed by atoms with Gasteiger partial charge in [0.05, 0.1) is 29.4 Å². The fraction of sp³-hybridized carbons (Fsp3) is 0.391. The number of aliphatic hydroxyl groups is 1. The Morgan fingerprint density at radius 1 is 1.18 bits per heavy atom. The minimum atomic E-state index is -4.69. The predicted octanol–water partition coefficient (Wildman–Crippen LogP) is 3.82. The van der Waals surface area contributed by atoms with Crippen LogP contribution in [0.25, 0.3) is 0 Å². The second-order valence-electron chi connectivity index (χ2n) is 8.56. The number of carbonyl (C=O) groups is 1. The number of aliphatic hydroxyl groups excluding tert-OH is 1. The van der Waals surface area contributed by atoms with Gasteiger partial charge >= 0.3 is 6.18 Å². The van der Waals surface area contributed by atoms with E-state index in [0.717, 1.165) is 24.3 Å². The lowest BCUT2D eigenvalue weighted by atomic mass is 9.73. The van der Waals surface area contributed by atoms with Crippen LogP contribution in [0.5, 0.6) is 0 Å². The van der Waals surface area contributed by atoms with Crippen molar-refractivity contribution in [1.29, 1.82) is 5.26 Å². The van der Waals surface area contributed by atoms with Crippen molar-refractivity contribution in [2.45, 2.75) is 12.6 Å². The molecule has 1 N–H and O–H groups in total. The van der Waals surface area contributed by atoms with Gasteiger partial charge in [-0.15, -0.1) is 0 Å². The standard InChI is InChI=1S/C23H20F5N3O2/c24-16-2-4-18(20(25)7-16)21(33)30-6-5-22(13-32)12-31(11-15(22)10-30)17-3-1-14(9-29)19(8-17)23(26,27)28/h1-4,7-8,15,32H,5-6,10-13H2/t15-,22+/m1/s1. The molecular formula is C23H20F5N3O2. The van der Waals surface area contributed by atoms with Gasteiger partial charge in [0.2, 0.25) is 0 Å². The van der Waals surface area contributed by atoms with Crippen LogP contribution >= 0.6 is 0 Å². The van der Waals surface area contributed by atoms with Crippen molar-refractivity contribution in [3.8, 4) is 6.07 Å². The Morgan fingerprint density at radius 2 is 1.94 bits per heavy atom. The van der Waals surface area contributed by atoms with Crippen LogP contribution in [-0.2, 0) is 6.18 Å². The van der Waals surface area contributed by atoms with Crippen molar-refractivity contribution in [3.05, 3.63) is 64.7 Å². The maximum atomic E-state index is 14.1.